The quantitative estimate of drug-likeness (QED) is 0.545. The first-order chi connectivity index (χ1) is 9.34. The highest BCUT2D eigenvalue weighted by Crippen LogP contribution is 2.26. The molecule has 1 aromatic rings. The van der Waals surface area contributed by atoms with Gasteiger partial charge in [0.05, 0.1) is 21.8 Å². The summed E-state index contributed by atoms with van der Waals surface area (Å²) >= 11 is 0. The molecule has 0 N–H and O–H groups in total. The Hall–Kier alpha value is -2.00. The van der Waals surface area contributed by atoms with Gasteiger partial charge in [0.2, 0.25) is 10.0 Å². The van der Waals surface area contributed by atoms with Gasteiger partial charge >= 0.3 is 0 Å². The van der Waals surface area contributed by atoms with Gasteiger partial charge in [0.1, 0.15) is 0 Å². The van der Waals surface area contributed by atoms with E-state index in [4.69, 9.17) is 0 Å². The molecule has 1 aromatic carbocycles. The maximum absolute atomic E-state index is 12.3. The number of rotatable bonds is 4. The third-order valence-electron chi connectivity index (χ3n) is 3.13. The molecule has 108 valence electrons. The molecule has 20 heavy (non-hydrogen) atoms. The minimum Gasteiger partial charge on any atom is -0.548 e. The number of non-ortho nitro benzene ring substituents is 1. The van der Waals surface area contributed by atoms with Gasteiger partial charge in [0, 0.05) is 18.7 Å². The number of sulfonamides is 1. The number of carbonyl (C=O) groups is 1. The number of nitro groups is 1. The van der Waals surface area contributed by atoms with Crippen molar-refractivity contribution in [1.29, 1.82) is 0 Å². The number of carboxylic acids is 1. The topological polar surface area (TPSA) is 121 Å². The molecule has 0 saturated carbocycles. The lowest BCUT2D eigenvalue weighted by molar-refractivity contribution is -0.384. The zero-order valence-corrected chi connectivity index (χ0v) is 11.1. The molecule has 1 heterocycles. The summed E-state index contributed by atoms with van der Waals surface area (Å²) in [6.45, 7) is 0.0952. The Labute approximate surface area is 114 Å². The Morgan fingerprint density at radius 3 is 2.40 bits per heavy atom. The van der Waals surface area contributed by atoms with Crippen molar-refractivity contribution in [3.63, 3.8) is 0 Å². The first kappa shape index (κ1) is 14.4. The zero-order chi connectivity index (χ0) is 14.9. The lowest BCUT2D eigenvalue weighted by Crippen LogP contribution is -2.46. The van der Waals surface area contributed by atoms with E-state index >= 15 is 0 Å². The van der Waals surface area contributed by atoms with E-state index < -0.39 is 27.0 Å². The van der Waals surface area contributed by atoms with Crippen molar-refractivity contribution >= 4 is 21.7 Å². The largest absolute Gasteiger partial charge is 0.548 e. The third kappa shape index (κ3) is 2.49. The van der Waals surface area contributed by atoms with Gasteiger partial charge in [-0.3, -0.25) is 10.1 Å². The van der Waals surface area contributed by atoms with Crippen molar-refractivity contribution in [2.24, 2.45) is 0 Å². The summed E-state index contributed by atoms with van der Waals surface area (Å²) in [5, 5.41) is 21.4. The predicted molar refractivity (Wildman–Crippen MR) is 65.0 cm³/mol. The number of nitro benzene ring substituents is 1. The van der Waals surface area contributed by atoms with Gasteiger partial charge in [-0.25, -0.2) is 8.42 Å². The second-order valence-corrected chi connectivity index (χ2v) is 6.23. The molecule has 1 aliphatic heterocycles. The molecule has 1 unspecified atom stereocenters. The number of aliphatic carboxylic acids is 1. The summed E-state index contributed by atoms with van der Waals surface area (Å²) in [5.41, 5.74) is -0.234. The van der Waals surface area contributed by atoms with Gasteiger partial charge in [-0.1, -0.05) is 0 Å². The first-order valence-corrected chi connectivity index (χ1v) is 7.25. The Kier molecular flexibility index (Phi) is 3.73. The first-order valence-electron chi connectivity index (χ1n) is 5.81. The second-order valence-electron chi connectivity index (χ2n) is 4.34. The molecular formula is C11H11N2O6S-. The summed E-state index contributed by atoms with van der Waals surface area (Å²) in [7, 11) is -3.99. The maximum Gasteiger partial charge on any atom is 0.269 e. The van der Waals surface area contributed by atoms with E-state index in [9.17, 15) is 28.4 Å². The van der Waals surface area contributed by atoms with Crippen molar-refractivity contribution in [3.05, 3.63) is 34.4 Å². The van der Waals surface area contributed by atoms with Gasteiger partial charge in [-0.2, -0.15) is 4.31 Å². The van der Waals surface area contributed by atoms with Crippen molar-refractivity contribution in [2.75, 3.05) is 6.54 Å². The fourth-order valence-electron chi connectivity index (χ4n) is 2.14. The summed E-state index contributed by atoms with van der Waals surface area (Å²) in [6.07, 6.45) is 0.638. The van der Waals surface area contributed by atoms with Crippen LogP contribution in [0.3, 0.4) is 0 Å². The van der Waals surface area contributed by atoms with Gasteiger partial charge in [0.15, 0.2) is 0 Å². The summed E-state index contributed by atoms with van der Waals surface area (Å²) in [4.78, 5) is 20.6. The minimum atomic E-state index is -3.99. The van der Waals surface area contributed by atoms with Crippen LogP contribution in [0.15, 0.2) is 29.2 Å². The molecule has 0 radical (unpaired) electrons. The highest BCUT2D eigenvalue weighted by molar-refractivity contribution is 7.89. The van der Waals surface area contributed by atoms with Crippen LogP contribution in [0, 0.1) is 10.1 Å². The number of hydrogen-bond acceptors (Lipinski definition) is 6. The Balaban J connectivity index is 2.35. The molecule has 2 rings (SSSR count). The fraction of sp³-hybridized carbons (Fsp3) is 0.364. The van der Waals surface area contributed by atoms with Crippen LogP contribution >= 0.6 is 0 Å². The van der Waals surface area contributed by atoms with Crippen LogP contribution in [-0.2, 0) is 14.8 Å². The summed E-state index contributed by atoms with van der Waals surface area (Å²) in [5.74, 6) is -1.44. The SMILES string of the molecule is O=C([O-])C1CCCN1S(=O)(=O)c1ccc([N+](=O)[O-])cc1. The number of hydrogen-bond donors (Lipinski definition) is 0. The average molecular weight is 299 g/mol. The molecule has 9 heteroatoms. The molecule has 8 nitrogen and oxygen atoms in total. The molecule has 1 aliphatic rings. The van der Waals surface area contributed by atoms with E-state index in [1.807, 2.05) is 0 Å². The molecule has 0 bridgehead atoms. The molecule has 0 amide bonds. The standard InChI is InChI=1S/C11H12N2O6S/c14-11(15)10-2-1-7-12(10)20(18,19)9-5-3-8(4-6-9)13(16)17/h3-6,10H,1-2,7H2,(H,14,15)/p-1. The van der Waals surface area contributed by atoms with Crippen molar-refractivity contribution in [2.45, 2.75) is 23.8 Å². The zero-order valence-electron chi connectivity index (χ0n) is 10.3. The van der Waals surface area contributed by atoms with E-state index in [0.29, 0.717) is 6.42 Å². The highest BCUT2D eigenvalue weighted by atomic mass is 32.2. The molecule has 1 fully saturated rings. The van der Waals surface area contributed by atoms with Gasteiger partial charge in [-0.05, 0) is 25.0 Å². The fourth-order valence-corrected chi connectivity index (χ4v) is 3.79. The Morgan fingerprint density at radius 1 is 1.30 bits per heavy atom. The van der Waals surface area contributed by atoms with Crippen LogP contribution < -0.4 is 5.11 Å². The van der Waals surface area contributed by atoms with Crippen LogP contribution in [-0.4, -0.2) is 36.2 Å². The van der Waals surface area contributed by atoms with Crippen LogP contribution in [0.1, 0.15) is 12.8 Å². The molecule has 1 saturated heterocycles. The summed E-state index contributed by atoms with van der Waals surface area (Å²) in [6, 6.07) is 3.14. The summed E-state index contributed by atoms with van der Waals surface area (Å²) < 4.78 is 25.5. The average Bonchev–Trinajstić information content (AvgIpc) is 2.89. The van der Waals surface area contributed by atoms with Gasteiger partial charge in [0.25, 0.3) is 5.69 Å². The van der Waals surface area contributed by atoms with Gasteiger partial charge in [-0.15, -0.1) is 0 Å². The number of benzene rings is 1. The molecule has 0 spiro atoms. The predicted octanol–water partition coefficient (Wildman–Crippen LogP) is -0.502. The van der Waals surface area contributed by atoms with Crippen LogP contribution in [0.25, 0.3) is 0 Å². The van der Waals surface area contributed by atoms with Crippen LogP contribution in [0.5, 0.6) is 0 Å². The monoisotopic (exact) mass is 299 g/mol. The van der Waals surface area contributed by atoms with E-state index in [0.717, 1.165) is 28.6 Å². The lowest BCUT2D eigenvalue weighted by Gasteiger charge is -2.24. The van der Waals surface area contributed by atoms with Crippen LogP contribution in [0.2, 0.25) is 0 Å². The second kappa shape index (κ2) is 5.17. The third-order valence-corrected chi connectivity index (χ3v) is 5.05. The van der Waals surface area contributed by atoms with Crippen molar-refractivity contribution in [1.82, 2.24) is 4.31 Å². The Morgan fingerprint density at radius 2 is 1.90 bits per heavy atom. The minimum absolute atomic E-state index is 0.0952. The molecule has 0 aromatic heterocycles. The normalized spacial score (nSPS) is 19.9. The number of nitrogens with zero attached hydrogens (tertiary/aromatic N) is 2. The van der Waals surface area contributed by atoms with E-state index in [2.05, 4.69) is 0 Å². The number of carboxylic acid groups (broad SMARTS) is 1. The molecular weight excluding hydrogens is 288 g/mol. The van der Waals surface area contributed by atoms with Crippen molar-refractivity contribution in [3.8, 4) is 0 Å². The molecule has 1 atom stereocenters. The van der Waals surface area contributed by atoms with Crippen LogP contribution in [0.4, 0.5) is 5.69 Å². The highest BCUT2D eigenvalue weighted by Gasteiger charge is 2.36. The number of carbonyl (C=O) groups excluding carboxylic acids is 1. The maximum atomic E-state index is 12.3. The Bertz CT molecular complexity index is 639. The van der Waals surface area contributed by atoms with E-state index in [-0.39, 0.29) is 23.5 Å². The van der Waals surface area contributed by atoms with Gasteiger partial charge < -0.3 is 9.90 Å². The lowest BCUT2D eigenvalue weighted by atomic mass is 10.2. The molecule has 0 aliphatic carbocycles. The smallest absolute Gasteiger partial charge is 0.269 e. The van der Waals surface area contributed by atoms with Crippen molar-refractivity contribution < 1.29 is 23.2 Å². The van der Waals surface area contributed by atoms with E-state index in [1.54, 1.807) is 0 Å². The van der Waals surface area contributed by atoms with E-state index in [1.165, 1.54) is 0 Å².